The van der Waals surface area contributed by atoms with Gasteiger partial charge in [0.2, 0.25) is 11.9 Å². The van der Waals surface area contributed by atoms with Gasteiger partial charge in [0, 0.05) is 24.1 Å². The largest absolute Gasteiger partial charge is 0.419 e. The van der Waals surface area contributed by atoms with Gasteiger partial charge in [0.15, 0.2) is 0 Å². The third kappa shape index (κ3) is 3.48. The molecular formula is C18H11ClF6N4O2. The molecule has 2 amide bonds. The molecule has 2 aromatic rings. The quantitative estimate of drug-likeness (QED) is 0.704. The molecule has 1 aliphatic carbocycles. The number of amides is 2. The fraction of sp³-hybridized carbons (Fsp3) is 0.333. The van der Waals surface area contributed by atoms with E-state index in [1.54, 1.807) is 0 Å². The molecule has 13 heteroatoms. The number of hydrogen-bond acceptors (Lipinski definition) is 4. The van der Waals surface area contributed by atoms with Crippen LogP contribution in [0, 0.1) is 5.82 Å². The van der Waals surface area contributed by atoms with Crippen LogP contribution < -0.4 is 5.32 Å². The summed E-state index contributed by atoms with van der Waals surface area (Å²) in [4.78, 5) is 33.1. The summed E-state index contributed by atoms with van der Waals surface area (Å²) in [5.74, 6) is -7.48. The minimum absolute atomic E-state index is 0.161. The summed E-state index contributed by atoms with van der Waals surface area (Å²) < 4.78 is 82.4. The first-order valence-corrected chi connectivity index (χ1v) is 9.08. The van der Waals surface area contributed by atoms with Gasteiger partial charge < -0.3 is 4.90 Å². The molecule has 1 aromatic carbocycles. The number of nitrogens with one attached hydrogen (secondary N) is 1. The van der Waals surface area contributed by atoms with Crippen molar-refractivity contribution in [1.82, 2.24) is 14.9 Å². The summed E-state index contributed by atoms with van der Waals surface area (Å²) in [6.07, 6.45) is -3.69. The van der Waals surface area contributed by atoms with Crippen molar-refractivity contribution in [3.63, 3.8) is 0 Å². The number of nitrogens with zero attached hydrogens (tertiary/aromatic N) is 3. The van der Waals surface area contributed by atoms with Crippen LogP contribution in [0.15, 0.2) is 24.5 Å². The van der Waals surface area contributed by atoms with Crippen LogP contribution >= 0.6 is 11.6 Å². The third-order valence-electron chi connectivity index (χ3n) is 5.21. The van der Waals surface area contributed by atoms with Gasteiger partial charge in [-0.25, -0.2) is 23.1 Å². The van der Waals surface area contributed by atoms with Gasteiger partial charge in [-0.1, -0.05) is 11.6 Å². The molecule has 2 heterocycles. The summed E-state index contributed by atoms with van der Waals surface area (Å²) in [6.45, 7) is -1.54. The number of rotatable bonds is 3. The van der Waals surface area contributed by atoms with E-state index in [0.717, 1.165) is 4.90 Å². The Balaban J connectivity index is 1.66. The lowest BCUT2D eigenvalue weighted by molar-refractivity contribution is -0.140. The van der Waals surface area contributed by atoms with Crippen molar-refractivity contribution in [2.24, 2.45) is 0 Å². The number of carbonyl (C=O) groups is 2. The molecule has 1 aromatic heterocycles. The highest BCUT2D eigenvalue weighted by atomic mass is 35.5. The zero-order chi connectivity index (χ0) is 22.8. The van der Waals surface area contributed by atoms with E-state index in [1.165, 1.54) is 12.4 Å². The number of alkyl halides is 5. The standard InChI is InChI=1S/C18H11ClF6N4O2/c19-8-3-26-15(27-4-8)28-11(30)5-29-7-16(6-17(16,21)22)12-9(14(29)31)1-2-10(13(12)20)18(23,24)25/h1-4H,5-7H2,(H,26,27,28,30)/t16-/m1/s1. The first kappa shape index (κ1) is 21.3. The number of aromatic nitrogens is 2. The fourth-order valence-corrected chi connectivity index (χ4v) is 3.81. The molecule has 6 nitrogen and oxygen atoms in total. The second-order valence-corrected chi connectivity index (χ2v) is 7.68. The van der Waals surface area contributed by atoms with Crippen LogP contribution in [0.5, 0.6) is 0 Å². The second kappa shape index (κ2) is 6.81. The third-order valence-corrected chi connectivity index (χ3v) is 5.40. The minimum atomic E-state index is -5.12. The highest BCUT2D eigenvalue weighted by molar-refractivity contribution is 6.30. The molecule has 1 N–H and O–H groups in total. The van der Waals surface area contributed by atoms with E-state index >= 15 is 0 Å². The summed E-state index contributed by atoms with van der Waals surface area (Å²) in [5, 5.41) is 2.44. The number of benzene rings is 1. The van der Waals surface area contributed by atoms with Crippen LogP contribution in [-0.4, -0.2) is 45.7 Å². The molecule has 0 bridgehead atoms. The second-order valence-electron chi connectivity index (χ2n) is 7.25. The van der Waals surface area contributed by atoms with Crippen molar-refractivity contribution in [3.8, 4) is 0 Å². The molecule has 1 aliphatic heterocycles. The van der Waals surface area contributed by atoms with Crippen LogP contribution in [0.3, 0.4) is 0 Å². The van der Waals surface area contributed by atoms with Crippen molar-refractivity contribution >= 4 is 29.4 Å². The van der Waals surface area contributed by atoms with Gasteiger partial charge in [0.05, 0.1) is 28.4 Å². The highest BCUT2D eigenvalue weighted by Gasteiger charge is 2.75. The monoisotopic (exact) mass is 464 g/mol. The summed E-state index contributed by atoms with van der Waals surface area (Å²) in [5.41, 5.74) is -5.66. The Bertz CT molecular complexity index is 1090. The summed E-state index contributed by atoms with van der Waals surface area (Å²) >= 11 is 5.63. The molecule has 1 spiro atoms. The predicted octanol–water partition coefficient (Wildman–Crippen LogP) is 3.66. The number of anilines is 1. The first-order valence-electron chi connectivity index (χ1n) is 8.70. The van der Waals surface area contributed by atoms with Gasteiger partial charge in [0.1, 0.15) is 12.4 Å². The average Bonchev–Trinajstić information content (AvgIpc) is 3.20. The zero-order valence-corrected chi connectivity index (χ0v) is 16.0. The molecule has 164 valence electrons. The molecule has 0 unspecified atom stereocenters. The normalized spacial score (nSPS) is 21.8. The Morgan fingerprint density at radius 3 is 2.39 bits per heavy atom. The van der Waals surface area contributed by atoms with Crippen LogP contribution in [-0.2, 0) is 16.4 Å². The predicted molar refractivity (Wildman–Crippen MR) is 94.2 cm³/mol. The van der Waals surface area contributed by atoms with E-state index in [-0.39, 0.29) is 11.0 Å². The SMILES string of the molecule is O=C(CN1C[C@]2(CC2(F)F)c2c(ccc(C(F)(F)F)c2F)C1=O)Nc1ncc(Cl)cn1. The highest BCUT2D eigenvalue weighted by Crippen LogP contribution is 2.64. The van der Waals surface area contributed by atoms with E-state index in [2.05, 4.69) is 15.3 Å². The number of fused-ring (bicyclic) bond motifs is 2. The van der Waals surface area contributed by atoms with Gasteiger partial charge in [0.25, 0.3) is 11.8 Å². The average molecular weight is 465 g/mol. The molecule has 1 atom stereocenters. The number of hydrogen-bond donors (Lipinski definition) is 1. The maximum atomic E-state index is 14.7. The van der Waals surface area contributed by atoms with Gasteiger partial charge in [-0.3, -0.25) is 14.9 Å². The molecule has 1 fully saturated rings. The van der Waals surface area contributed by atoms with E-state index in [9.17, 15) is 35.9 Å². The maximum Gasteiger partial charge on any atom is 0.419 e. The lowest BCUT2D eigenvalue weighted by atomic mass is 9.84. The van der Waals surface area contributed by atoms with Crippen LogP contribution in [0.2, 0.25) is 5.02 Å². The summed E-state index contributed by atoms with van der Waals surface area (Å²) in [6, 6.07) is 0.984. The summed E-state index contributed by atoms with van der Waals surface area (Å²) in [7, 11) is 0. The van der Waals surface area contributed by atoms with Crippen molar-refractivity contribution in [2.45, 2.75) is 23.9 Å². The van der Waals surface area contributed by atoms with Gasteiger partial charge in [-0.05, 0) is 12.1 Å². The molecular weight excluding hydrogens is 454 g/mol. The van der Waals surface area contributed by atoms with Crippen LogP contribution in [0.1, 0.15) is 27.9 Å². The fourth-order valence-electron chi connectivity index (χ4n) is 3.71. The molecule has 0 saturated heterocycles. The van der Waals surface area contributed by atoms with Crippen molar-refractivity contribution in [3.05, 3.63) is 52.1 Å². The van der Waals surface area contributed by atoms with E-state index in [1.807, 2.05) is 0 Å². The van der Waals surface area contributed by atoms with Crippen LogP contribution in [0.4, 0.5) is 32.3 Å². The van der Waals surface area contributed by atoms with E-state index in [4.69, 9.17) is 11.6 Å². The van der Waals surface area contributed by atoms with Crippen molar-refractivity contribution in [2.75, 3.05) is 18.4 Å². The van der Waals surface area contributed by atoms with Crippen LogP contribution in [0.25, 0.3) is 0 Å². The Kier molecular flexibility index (Phi) is 4.69. The lowest BCUT2D eigenvalue weighted by Gasteiger charge is -2.35. The molecule has 1 saturated carbocycles. The van der Waals surface area contributed by atoms with E-state index < -0.39 is 71.3 Å². The molecule has 0 radical (unpaired) electrons. The Labute approximate surface area is 175 Å². The Morgan fingerprint density at radius 2 is 1.84 bits per heavy atom. The van der Waals surface area contributed by atoms with Gasteiger partial charge in [-0.2, -0.15) is 13.2 Å². The molecule has 31 heavy (non-hydrogen) atoms. The maximum absolute atomic E-state index is 14.7. The molecule has 4 rings (SSSR count). The zero-order valence-electron chi connectivity index (χ0n) is 15.2. The lowest BCUT2D eigenvalue weighted by Crippen LogP contribution is -2.49. The minimum Gasteiger partial charge on any atom is -0.328 e. The van der Waals surface area contributed by atoms with Gasteiger partial charge >= 0.3 is 6.18 Å². The van der Waals surface area contributed by atoms with Gasteiger partial charge in [-0.15, -0.1) is 0 Å². The van der Waals surface area contributed by atoms with Crippen molar-refractivity contribution in [1.29, 1.82) is 0 Å². The number of carbonyl (C=O) groups excluding carboxylic acids is 2. The smallest absolute Gasteiger partial charge is 0.328 e. The molecule has 2 aliphatic rings. The number of halogens is 7. The Morgan fingerprint density at radius 1 is 1.23 bits per heavy atom. The van der Waals surface area contributed by atoms with Crippen molar-refractivity contribution < 1.29 is 35.9 Å². The topological polar surface area (TPSA) is 75.2 Å². The van der Waals surface area contributed by atoms with E-state index in [0.29, 0.717) is 12.1 Å². The first-order chi connectivity index (χ1) is 14.4. The Hall–Kier alpha value is -2.89.